The van der Waals surface area contributed by atoms with Crippen LogP contribution in [-0.2, 0) is 6.54 Å². The van der Waals surface area contributed by atoms with Gasteiger partial charge < -0.3 is 19.2 Å². The minimum atomic E-state index is -0.212. The Balaban J connectivity index is 1.45. The lowest BCUT2D eigenvalue weighted by Gasteiger charge is -2.11. The molecule has 4 rings (SSSR count). The fraction of sp³-hybridized carbons (Fsp3) is 0.192. The molecule has 8 nitrogen and oxygen atoms in total. The average molecular weight is 492 g/mol. The minimum Gasteiger partial charge on any atom is -0.497 e. The number of ketones is 1. The lowest BCUT2D eigenvalue weighted by molar-refractivity contribution is 0.0947. The normalized spacial score (nSPS) is 10.7. The summed E-state index contributed by atoms with van der Waals surface area (Å²) >= 11 is 1.30. The fourth-order valence-corrected chi connectivity index (χ4v) is 4.34. The molecular formula is C26H25N3O5S. The van der Waals surface area contributed by atoms with Gasteiger partial charge in [-0.25, -0.2) is 4.98 Å². The van der Waals surface area contributed by atoms with Crippen molar-refractivity contribution in [1.29, 1.82) is 0 Å². The zero-order valence-electron chi connectivity index (χ0n) is 19.6. The molecule has 0 saturated heterocycles. The Kier molecular flexibility index (Phi) is 7.57. The molecule has 180 valence electrons. The van der Waals surface area contributed by atoms with E-state index < -0.39 is 0 Å². The molecule has 0 radical (unpaired) electrons. The number of amides is 1. The van der Waals surface area contributed by atoms with E-state index in [1.54, 1.807) is 49.8 Å². The third kappa shape index (κ3) is 5.75. The third-order valence-corrected chi connectivity index (χ3v) is 6.22. The first-order chi connectivity index (χ1) is 17.0. The number of imidazole rings is 1. The molecule has 0 aliphatic carbocycles. The molecule has 2 heterocycles. The van der Waals surface area contributed by atoms with E-state index in [4.69, 9.17) is 13.9 Å². The highest BCUT2D eigenvalue weighted by molar-refractivity contribution is 7.99. The quantitative estimate of drug-likeness (QED) is 0.254. The van der Waals surface area contributed by atoms with Crippen LogP contribution in [-0.4, -0.2) is 41.2 Å². The zero-order valence-corrected chi connectivity index (χ0v) is 20.4. The predicted molar refractivity (Wildman–Crippen MR) is 133 cm³/mol. The SMILES string of the molecule is COc1ccc(OC)c(C(=O)CSc2nccn2-c2cccc(C(=O)NCc3ccc(C)o3)c2)c1. The van der Waals surface area contributed by atoms with Crippen LogP contribution >= 0.6 is 11.8 Å². The summed E-state index contributed by atoms with van der Waals surface area (Å²) in [6.45, 7) is 2.16. The molecule has 0 spiro atoms. The highest BCUT2D eigenvalue weighted by Crippen LogP contribution is 2.27. The van der Waals surface area contributed by atoms with E-state index in [1.807, 2.05) is 35.8 Å². The summed E-state index contributed by atoms with van der Waals surface area (Å²) in [5.74, 6) is 2.39. The highest BCUT2D eigenvalue weighted by atomic mass is 32.2. The number of carbonyl (C=O) groups excluding carboxylic acids is 2. The molecule has 0 saturated carbocycles. The van der Waals surface area contributed by atoms with E-state index in [0.29, 0.717) is 40.1 Å². The van der Waals surface area contributed by atoms with Crippen molar-refractivity contribution in [1.82, 2.24) is 14.9 Å². The lowest BCUT2D eigenvalue weighted by Crippen LogP contribution is -2.22. The molecular weight excluding hydrogens is 466 g/mol. The van der Waals surface area contributed by atoms with Crippen LogP contribution in [0.25, 0.3) is 5.69 Å². The minimum absolute atomic E-state index is 0.110. The second-order valence-corrected chi connectivity index (χ2v) is 8.55. The first-order valence-corrected chi connectivity index (χ1v) is 11.8. The van der Waals surface area contributed by atoms with Crippen LogP contribution in [0.5, 0.6) is 11.5 Å². The van der Waals surface area contributed by atoms with Crippen molar-refractivity contribution in [2.24, 2.45) is 0 Å². The summed E-state index contributed by atoms with van der Waals surface area (Å²) in [7, 11) is 3.07. The third-order valence-electron chi connectivity index (χ3n) is 5.25. The van der Waals surface area contributed by atoms with Crippen LogP contribution in [0.4, 0.5) is 0 Å². The molecule has 35 heavy (non-hydrogen) atoms. The molecule has 1 N–H and O–H groups in total. The van der Waals surface area contributed by atoms with Crippen molar-refractivity contribution >= 4 is 23.5 Å². The molecule has 2 aromatic heterocycles. The van der Waals surface area contributed by atoms with Gasteiger partial charge in [0.2, 0.25) is 0 Å². The van der Waals surface area contributed by atoms with Gasteiger partial charge in [-0.1, -0.05) is 17.8 Å². The Labute approximate surface area is 207 Å². The Bertz CT molecular complexity index is 1340. The second-order valence-electron chi connectivity index (χ2n) is 7.60. The molecule has 0 aliphatic heterocycles. The summed E-state index contributed by atoms with van der Waals surface area (Å²) in [6.07, 6.45) is 3.45. The van der Waals surface area contributed by atoms with Crippen molar-refractivity contribution in [2.75, 3.05) is 20.0 Å². The molecule has 2 aromatic carbocycles. The molecule has 0 unspecified atom stereocenters. The van der Waals surface area contributed by atoms with Gasteiger partial charge in [0.15, 0.2) is 10.9 Å². The van der Waals surface area contributed by atoms with E-state index in [2.05, 4.69) is 10.3 Å². The van der Waals surface area contributed by atoms with Crippen LogP contribution in [0.2, 0.25) is 0 Å². The monoisotopic (exact) mass is 491 g/mol. The number of ether oxygens (including phenoxy) is 2. The summed E-state index contributed by atoms with van der Waals surface area (Å²) < 4.78 is 17.9. The first kappa shape index (κ1) is 24.2. The van der Waals surface area contributed by atoms with E-state index >= 15 is 0 Å². The van der Waals surface area contributed by atoms with Gasteiger partial charge in [-0.15, -0.1) is 0 Å². The summed E-state index contributed by atoms with van der Waals surface area (Å²) in [4.78, 5) is 30.0. The number of aryl methyl sites for hydroxylation is 1. The van der Waals surface area contributed by atoms with E-state index in [1.165, 1.54) is 18.9 Å². The van der Waals surface area contributed by atoms with Crippen LogP contribution in [0.3, 0.4) is 0 Å². The van der Waals surface area contributed by atoms with E-state index in [-0.39, 0.29) is 17.4 Å². The van der Waals surface area contributed by atoms with Gasteiger partial charge in [0.25, 0.3) is 5.91 Å². The highest BCUT2D eigenvalue weighted by Gasteiger charge is 2.16. The number of rotatable bonds is 10. The largest absolute Gasteiger partial charge is 0.497 e. The molecule has 0 aliphatic rings. The van der Waals surface area contributed by atoms with Gasteiger partial charge in [-0.2, -0.15) is 0 Å². The predicted octanol–water partition coefficient (Wildman–Crippen LogP) is 4.70. The van der Waals surface area contributed by atoms with Gasteiger partial charge in [-0.05, 0) is 55.5 Å². The van der Waals surface area contributed by atoms with Gasteiger partial charge >= 0.3 is 0 Å². The molecule has 0 bridgehead atoms. The number of thioether (sulfide) groups is 1. The topological polar surface area (TPSA) is 95.6 Å². The van der Waals surface area contributed by atoms with Gasteiger partial charge in [-0.3, -0.25) is 14.2 Å². The van der Waals surface area contributed by atoms with Crippen molar-refractivity contribution < 1.29 is 23.5 Å². The van der Waals surface area contributed by atoms with Gasteiger partial charge in [0.05, 0.1) is 32.1 Å². The smallest absolute Gasteiger partial charge is 0.251 e. The summed E-state index contributed by atoms with van der Waals surface area (Å²) in [5.41, 5.74) is 1.72. The van der Waals surface area contributed by atoms with Crippen molar-refractivity contribution in [3.8, 4) is 17.2 Å². The number of nitrogens with zero attached hydrogens (tertiary/aromatic N) is 2. The summed E-state index contributed by atoms with van der Waals surface area (Å²) in [5, 5.41) is 3.49. The number of Topliss-reactive ketones (excluding diaryl/α,β-unsaturated/α-hetero) is 1. The average Bonchev–Trinajstić information content (AvgIpc) is 3.54. The summed E-state index contributed by atoms with van der Waals surface area (Å²) in [6, 6.07) is 16.0. The molecule has 4 aromatic rings. The number of carbonyl (C=O) groups is 2. The van der Waals surface area contributed by atoms with E-state index in [9.17, 15) is 9.59 Å². The molecule has 1 amide bonds. The Morgan fingerprint density at radius 1 is 1.09 bits per heavy atom. The maximum Gasteiger partial charge on any atom is 0.251 e. The van der Waals surface area contributed by atoms with Crippen LogP contribution < -0.4 is 14.8 Å². The fourth-order valence-electron chi connectivity index (χ4n) is 3.48. The standard InChI is InChI=1S/C26H25N3O5S/c1-17-7-8-21(34-17)15-28-25(31)18-5-4-6-19(13-18)29-12-11-27-26(29)35-16-23(30)22-14-20(32-2)9-10-24(22)33-3/h4-14H,15-16H2,1-3H3,(H,28,31). The molecule has 9 heteroatoms. The number of hydrogen-bond acceptors (Lipinski definition) is 7. The van der Waals surface area contributed by atoms with Crippen molar-refractivity contribution in [3.05, 3.63) is 89.6 Å². The first-order valence-electron chi connectivity index (χ1n) is 10.8. The van der Waals surface area contributed by atoms with Gasteiger partial charge in [0, 0.05) is 23.6 Å². The maximum absolute atomic E-state index is 12.9. The van der Waals surface area contributed by atoms with Crippen molar-refractivity contribution in [2.45, 2.75) is 18.6 Å². The molecule has 0 atom stereocenters. The number of aromatic nitrogens is 2. The maximum atomic E-state index is 12.9. The lowest BCUT2D eigenvalue weighted by atomic mass is 10.1. The number of benzene rings is 2. The van der Waals surface area contributed by atoms with Crippen molar-refractivity contribution in [3.63, 3.8) is 0 Å². The van der Waals surface area contributed by atoms with Gasteiger partial charge in [0.1, 0.15) is 23.0 Å². The number of nitrogens with one attached hydrogen (secondary N) is 1. The Morgan fingerprint density at radius 3 is 2.69 bits per heavy atom. The number of furan rings is 1. The Hall–Kier alpha value is -3.98. The van der Waals surface area contributed by atoms with Crippen LogP contribution in [0.15, 0.2) is 76.6 Å². The number of hydrogen-bond donors (Lipinski definition) is 1. The van der Waals surface area contributed by atoms with Crippen LogP contribution in [0.1, 0.15) is 32.2 Å². The second kappa shape index (κ2) is 11.0. The zero-order chi connectivity index (χ0) is 24.8. The molecule has 0 fully saturated rings. The van der Waals surface area contributed by atoms with E-state index in [0.717, 1.165) is 11.4 Å². The number of methoxy groups -OCH3 is 2. The Morgan fingerprint density at radius 2 is 1.94 bits per heavy atom. The van der Waals surface area contributed by atoms with Crippen LogP contribution in [0, 0.1) is 6.92 Å².